The van der Waals surface area contributed by atoms with Crippen molar-refractivity contribution in [2.24, 2.45) is 0 Å². The molecule has 5 nitrogen and oxygen atoms in total. The number of piperazine rings is 1. The Morgan fingerprint density at radius 1 is 1.39 bits per heavy atom. The maximum Gasteiger partial charge on any atom is 0.307 e. The minimum Gasteiger partial charge on any atom is -0.481 e. The molecule has 0 aromatic heterocycles. The van der Waals surface area contributed by atoms with E-state index in [1.807, 2.05) is 18.0 Å². The van der Waals surface area contributed by atoms with E-state index < -0.39 is 5.97 Å². The Bertz CT molecular complexity index is 473. The van der Waals surface area contributed by atoms with Gasteiger partial charge in [0.05, 0.1) is 13.0 Å². The first-order valence-corrected chi connectivity index (χ1v) is 5.86. The summed E-state index contributed by atoms with van der Waals surface area (Å²) in [7, 11) is 1.91. The van der Waals surface area contributed by atoms with E-state index >= 15 is 0 Å². The van der Waals surface area contributed by atoms with Crippen molar-refractivity contribution in [1.82, 2.24) is 4.90 Å². The molecule has 0 atom stereocenters. The van der Waals surface area contributed by atoms with Gasteiger partial charge in [-0.05, 0) is 24.7 Å². The zero-order chi connectivity index (χ0) is 13.1. The van der Waals surface area contributed by atoms with E-state index in [9.17, 15) is 9.59 Å². The molecule has 1 aliphatic rings. The molecule has 1 aromatic rings. The van der Waals surface area contributed by atoms with Gasteiger partial charge < -0.3 is 10.0 Å². The van der Waals surface area contributed by atoms with E-state index in [-0.39, 0.29) is 12.3 Å². The minimum absolute atomic E-state index is 0.0181. The summed E-state index contributed by atoms with van der Waals surface area (Å²) in [5.74, 6) is -0.812. The highest BCUT2D eigenvalue weighted by molar-refractivity contribution is 5.95. The van der Waals surface area contributed by atoms with Crippen LogP contribution in [0.3, 0.4) is 0 Å². The Hall–Kier alpha value is -1.88. The van der Waals surface area contributed by atoms with E-state index in [0.717, 1.165) is 12.2 Å². The van der Waals surface area contributed by atoms with Crippen LogP contribution in [0.4, 0.5) is 5.69 Å². The van der Waals surface area contributed by atoms with Gasteiger partial charge in [-0.15, -0.1) is 0 Å². The Balaban J connectivity index is 2.17. The van der Waals surface area contributed by atoms with Crippen molar-refractivity contribution in [3.05, 3.63) is 29.8 Å². The fourth-order valence-electron chi connectivity index (χ4n) is 2.07. The highest BCUT2D eigenvalue weighted by Gasteiger charge is 2.22. The molecule has 0 bridgehead atoms. The van der Waals surface area contributed by atoms with E-state index in [2.05, 4.69) is 0 Å². The number of benzene rings is 1. The zero-order valence-electron chi connectivity index (χ0n) is 10.3. The molecule has 0 unspecified atom stereocenters. The molecule has 1 aromatic carbocycles. The molecule has 96 valence electrons. The van der Waals surface area contributed by atoms with Crippen molar-refractivity contribution in [3.63, 3.8) is 0 Å². The first-order chi connectivity index (χ1) is 8.56. The van der Waals surface area contributed by atoms with E-state index in [4.69, 9.17) is 5.11 Å². The third kappa shape index (κ3) is 2.87. The maximum atomic E-state index is 11.9. The Kier molecular flexibility index (Phi) is 3.62. The number of nitrogens with zero attached hydrogens (tertiary/aromatic N) is 2. The molecule has 2 rings (SSSR count). The Morgan fingerprint density at radius 3 is 2.83 bits per heavy atom. The number of hydrogen-bond acceptors (Lipinski definition) is 3. The quantitative estimate of drug-likeness (QED) is 0.850. The van der Waals surface area contributed by atoms with Gasteiger partial charge in [-0.1, -0.05) is 12.1 Å². The number of carbonyl (C=O) groups excluding carboxylic acids is 1. The van der Waals surface area contributed by atoms with Crippen LogP contribution in [0.15, 0.2) is 24.3 Å². The first kappa shape index (κ1) is 12.6. The van der Waals surface area contributed by atoms with Crippen LogP contribution in [0.25, 0.3) is 0 Å². The number of anilines is 1. The number of carbonyl (C=O) groups is 2. The van der Waals surface area contributed by atoms with Crippen molar-refractivity contribution >= 4 is 17.6 Å². The van der Waals surface area contributed by atoms with Gasteiger partial charge in [0, 0.05) is 18.8 Å². The summed E-state index contributed by atoms with van der Waals surface area (Å²) >= 11 is 0. The molecule has 0 aliphatic carbocycles. The second kappa shape index (κ2) is 5.18. The number of rotatable bonds is 3. The van der Waals surface area contributed by atoms with Crippen molar-refractivity contribution in [3.8, 4) is 0 Å². The zero-order valence-corrected chi connectivity index (χ0v) is 10.3. The van der Waals surface area contributed by atoms with Crippen molar-refractivity contribution in [2.75, 3.05) is 31.6 Å². The second-order valence-corrected chi connectivity index (χ2v) is 4.52. The van der Waals surface area contributed by atoms with Crippen molar-refractivity contribution in [2.45, 2.75) is 6.42 Å². The molecule has 0 saturated carbocycles. The van der Waals surface area contributed by atoms with Crippen LogP contribution in [-0.2, 0) is 16.0 Å². The molecular formula is C13H16N2O3. The van der Waals surface area contributed by atoms with Crippen LogP contribution in [-0.4, -0.2) is 48.6 Å². The summed E-state index contributed by atoms with van der Waals surface area (Å²) < 4.78 is 0. The molecule has 0 spiro atoms. The van der Waals surface area contributed by atoms with Crippen LogP contribution >= 0.6 is 0 Å². The lowest BCUT2D eigenvalue weighted by molar-refractivity contribution is -0.136. The lowest BCUT2D eigenvalue weighted by Gasteiger charge is -2.32. The number of likely N-dealkylation sites (N-methyl/N-ethyl adjacent to an activating group) is 1. The minimum atomic E-state index is -0.864. The molecule has 1 aliphatic heterocycles. The molecule has 1 fully saturated rings. The third-order valence-corrected chi connectivity index (χ3v) is 2.99. The third-order valence-electron chi connectivity index (χ3n) is 2.99. The van der Waals surface area contributed by atoms with Gasteiger partial charge in [0.15, 0.2) is 0 Å². The predicted molar refractivity (Wildman–Crippen MR) is 67.6 cm³/mol. The van der Waals surface area contributed by atoms with Gasteiger partial charge in [-0.3, -0.25) is 14.5 Å². The van der Waals surface area contributed by atoms with E-state index in [1.54, 1.807) is 23.1 Å². The van der Waals surface area contributed by atoms with Gasteiger partial charge in [-0.25, -0.2) is 0 Å². The fourth-order valence-corrected chi connectivity index (χ4v) is 2.07. The highest BCUT2D eigenvalue weighted by Crippen LogP contribution is 2.18. The van der Waals surface area contributed by atoms with Gasteiger partial charge in [0.25, 0.3) is 0 Å². The summed E-state index contributed by atoms with van der Waals surface area (Å²) in [6.45, 7) is 1.88. The van der Waals surface area contributed by atoms with Gasteiger partial charge >= 0.3 is 5.97 Å². The largest absolute Gasteiger partial charge is 0.481 e. The molecule has 1 heterocycles. The number of carboxylic acids is 1. The lowest BCUT2D eigenvalue weighted by Crippen LogP contribution is -2.48. The van der Waals surface area contributed by atoms with Crippen molar-refractivity contribution in [1.29, 1.82) is 0 Å². The van der Waals surface area contributed by atoms with Gasteiger partial charge in [0.2, 0.25) is 5.91 Å². The summed E-state index contributed by atoms with van der Waals surface area (Å²) in [5.41, 5.74) is 1.50. The maximum absolute atomic E-state index is 11.9. The van der Waals surface area contributed by atoms with Gasteiger partial charge in [0.1, 0.15) is 0 Å². The first-order valence-electron chi connectivity index (χ1n) is 5.86. The van der Waals surface area contributed by atoms with Crippen LogP contribution in [0.1, 0.15) is 5.56 Å². The van der Waals surface area contributed by atoms with Crippen molar-refractivity contribution < 1.29 is 14.7 Å². The lowest BCUT2D eigenvalue weighted by atomic mass is 10.1. The van der Waals surface area contributed by atoms with E-state index in [0.29, 0.717) is 18.7 Å². The van der Waals surface area contributed by atoms with Gasteiger partial charge in [-0.2, -0.15) is 0 Å². The topological polar surface area (TPSA) is 60.9 Å². The molecule has 18 heavy (non-hydrogen) atoms. The molecule has 0 radical (unpaired) electrons. The standard InChI is InChI=1S/C13H16N2O3/c1-14-5-6-15(12(16)9-14)11-4-2-3-10(7-11)8-13(17)18/h2-4,7H,5-6,8-9H2,1H3,(H,17,18). The molecular weight excluding hydrogens is 232 g/mol. The smallest absolute Gasteiger partial charge is 0.307 e. The molecule has 5 heteroatoms. The van der Waals surface area contributed by atoms with Crippen LogP contribution < -0.4 is 4.90 Å². The summed E-state index contributed by atoms with van der Waals surface area (Å²) in [5, 5.41) is 8.77. The molecule has 1 amide bonds. The van der Waals surface area contributed by atoms with Crippen LogP contribution in [0.2, 0.25) is 0 Å². The second-order valence-electron chi connectivity index (χ2n) is 4.52. The summed E-state index contributed by atoms with van der Waals surface area (Å²) in [4.78, 5) is 26.3. The average Bonchev–Trinajstić information content (AvgIpc) is 2.28. The number of hydrogen-bond donors (Lipinski definition) is 1. The molecule has 1 saturated heterocycles. The normalized spacial score (nSPS) is 16.9. The monoisotopic (exact) mass is 248 g/mol. The average molecular weight is 248 g/mol. The van der Waals surface area contributed by atoms with Crippen LogP contribution in [0, 0.1) is 0 Å². The van der Waals surface area contributed by atoms with Crippen LogP contribution in [0.5, 0.6) is 0 Å². The van der Waals surface area contributed by atoms with E-state index in [1.165, 1.54) is 0 Å². The Morgan fingerprint density at radius 2 is 2.17 bits per heavy atom. The highest BCUT2D eigenvalue weighted by atomic mass is 16.4. The number of amides is 1. The Labute approximate surface area is 106 Å². The summed E-state index contributed by atoms with van der Waals surface area (Å²) in [6.07, 6.45) is -0.0181. The molecule has 1 N–H and O–H groups in total. The fraction of sp³-hybridized carbons (Fsp3) is 0.385. The predicted octanol–water partition coefficient (Wildman–Crippen LogP) is 0.592. The number of carboxylic acid groups (broad SMARTS) is 1. The SMILES string of the molecule is CN1CCN(c2cccc(CC(=O)O)c2)C(=O)C1. The number of aliphatic carboxylic acids is 1. The summed E-state index contributed by atoms with van der Waals surface area (Å²) in [6, 6.07) is 7.17.